The fourth-order valence-corrected chi connectivity index (χ4v) is 2.53. The first-order chi connectivity index (χ1) is 9.66. The second-order valence-corrected chi connectivity index (χ2v) is 5.65. The molecule has 106 valence electrons. The molecule has 20 heavy (non-hydrogen) atoms. The van der Waals surface area contributed by atoms with Crippen LogP contribution in [0.1, 0.15) is 21.0 Å². The van der Waals surface area contributed by atoms with E-state index in [2.05, 4.69) is 5.32 Å². The largest absolute Gasteiger partial charge is 0.494 e. The molecule has 0 radical (unpaired) electrons. The molecule has 5 heteroatoms. The van der Waals surface area contributed by atoms with Crippen molar-refractivity contribution >= 4 is 22.9 Å². The number of amides is 1. The summed E-state index contributed by atoms with van der Waals surface area (Å²) in [7, 11) is 0. The van der Waals surface area contributed by atoms with Crippen LogP contribution in [-0.2, 0) is 0 Å². The first kappa shape index (κ1) is 14.4. The van der Waals surface area contributed by atoms with E-state index in [0.29, 0.717) is 23.7 Å². The number of para-hydroxylation sites is 1. The highest BCUT2D eigenvalue weighted by Gasteiger charge is 2.09. The van der Waals surface area contributed by atoms with Crippen LogP contribution in [0.4, 0.5) is 5.69 Å². The molecule has 0 atom stereocenters. The average molecular weight is 290 g/mol. The van der Waals surface area contributed by atoms with Crippen molar-refractivity contribution in [1.29, 1.82) is 0 Å². The molecule has 4 nitrogen and oxygen atoms in total. The van der Waals surface area contributed by atoms with E-state index in [4.69, 9.17) is 10.5 Å². The number of nitrogens with two attached hydrogens (primary N) is 1. The molecular weight excluding hydrogens is 272 g/mol. The molecule has 0 spiro atoms. The topological polar surface area (TPSA) is 64.3 Å². The van der Waals surface area contributed by atoms with E-state index in [1.165, 1.54) is 11.3 Å². The number of carbonyl (C=O) groups excluding carboxylic acids is 1. The van der Waals surface area contributed by atoms with Gasteiger partial charge in [0, 0.05) is 17.1 Å². The Kier molecular flexibility index (Phi) is 5.01. The predicted molar refractivity (Wildman–Crippen MR) is 82.4 cm³/mol. The normalized spacial score (nSPS) is 10.2. The van der Waals surface area contributed by atoms with Crippen LogP contribution in [-0.4, -0.2) is 19.1 Å². The number of ether oxygens (including phenoxy) is 1. The molecule has 0 aliphatic carbocycles. The highest BCUT2D eigenvalue weighted by atomic mass is 32.1. The number of nitrogens with one attached hydrogen (secondary N) is 1. The van der Waals surface area contributed by atoms with Crippen molar-refractivity contribution in [2.45, 2.75) is 13.3 Å². The lowest BCUT2D eigenvalue weighted by Crippen LogP contribution is -2.24. The van der Waals surface area contributed by atoms with Crippen LogP contribution in [0.2, 0.25) is 0 Å². The molecular formula is C15H18N2O2S. The minimum atomic E-state index is -0.0745. The van der Waals surface area contributed by atoms with Gasteiger partial charge in [-0.25, -0.2) is 0 Å². The van der Waals surface area contributed by atoms with Crippen LogP contribution in [0.3, 0.4) is 0 Å². The summed E-state index contributed by atoms with van der Waals surface area (Å²) >= 11 is 1.41. The van der Waals surface area contributed by atoms with E-state index in [0.717, 1.165) is 17.0 Å². The molecule has 0 bridgehead atoms. The molecule has 0 fully saturated rings. The Labute approximate surface area is 122 Å². The van der Waals surface area contributed by atoms with E-state index in [1.807, 2.05) is 37.3 Å². The Morgan fingerprint density at radius 1 is 1.35 bits per heavy atom. The predicted octanol–water partition coefficient (Wildman–Crippen LogP) is 2.84. The number of benzene rings is 1. The third kappa shape index (κ3) is 3.99. The molecule has 0 aliphatic heterocycles. The minimum absolute atomic E-state index is 0.0745. The van der Waals surface area contributed by atoms with Crippen molar-refractivity contribution in [3.63, 3.8) is 0 Å². The molecule has 1 aromatic heterocycles. The van der Waals surface area contributed by atoms with Gasteiger partial charge in [-0.1, -0.05) is 18.2 Å². The number of rotatable bonds is 6. The van der Waals surface area contributed by atoms with E-state index in [1.54, 1.807) is 6.07 Å². The molecule has 0 saturated carbocycles. The highest BCUT2D eigenvalue weighted by Crippen LogP contribution is 2.23. The standard InChI is InChI=1S/C15H18N2O2S/c1-11-13(16)10-14(20-11)15(18)17-8-5-9-19-12-6-3-2-4-7-12/h2-4,6-7,10H,5,8-9,16H2,1H3,(H,17,18). The number of nitrogen functional groups attached to an aromatic ring is 1. The Bertz CT molecular complexity index is 547. The molecule has 0 unspecified atom stereocenters. The van der Waals surface area contributed by atoms with Gasteiger partial charge < -0.3 is 15.8 Å². The summed E-state index contributed by atoms with van der Waals surface area (Å²) in [5.41, 5.74) is 6.40. The Balaban J connectivity index is 1.67. The number of thiophene rings is 1. The number of aryl methyl sites for hydroxylation is 1. The van der Waals surface area contributed by atoms with Gasteiger partial charge in [-0.15, -0.1) is 11.3 Å². The van der Waals surface area contributed by atoms with Gasteiger partial charge in [0.15, 0.2) is 0 Å². The second kappa shape index (κ2) is 6.96. The van der Waals surface area contributed by atoms with Crippen molar-refractivity contribution in [1.82, 2.24) is 5.32 Å². The molecule has 1 amide bonds. The zero-order chi connectivity index (χ0) is 14.4. The monoisotopic (exact) mass is 290 g/mol. The van der Waals surface area contributed by atoms with Crippen molar-refractivity contribution in [3.05, 3.63) is 46.2 Å². The lowest BCUT2D eigenvalue weighted by atomic mass is 10.3. The zero-order valence-electron chi connectivity index (χ0n) is 11.4. The summed E-state index contributed by atoms with van der Waals surface area (Å²) in [5, 5.41) is 2.86. The van der Waals surface area contributed by atoms with E-state index < -0.39 is 0 Å². The van der Waals surface area contributed by atoms with Crippen LogP contribution < -0.4 is 15.8 Å². The van der Waals surface area contributed by atoms with Gasteiger partial charge in [0.2, 0.25) is 0 Å². The van der Waals surface area contributed by atoms with Gasteiger partial charge in [0.1, 0.15) is 5.75 Å². The van der Waals surface area contributed by atoms with E-state index in [-0.39, 0.29) is 5.91 Å². The Morgan fingerprint density at radius 2 is 2.10 bits per heavy atom. The summed E-state index contributed by atoms with van der Waals surface area (Å²) in [6.07, 6.45) is 0.764. The average Bonchev–Trinajstić information content (AvgIpc) is 2.79. The third-order valence-electron chi connectivity index (χ3n) is 2.80. The summed E-state index contributed by atoms with van der Waals surface area (Å²) < 4.78 is 5.55. The first-order valence-corrected chi connectivity index (χ1v) is 7.30. The van der Waals surface area contributed by atoms with Crippen LogP contribution >= 0.6 is 11.3 Å². The van der Waals surface area contributed by atoms with Crippen molar-refractivity contribution in [2.75, 3.05) is 18.9 Å². The maximum atomic E-state index is 11.8. The van der Waals surface area contributed by atoms with Gasteiger partial charge in [-0.2, -0.15) is 0 Å². The van der Waals surface area contributed by atoms with Crippen LogP contribution in [0.25, 0.3) is 0 Å². The summed E-state index contributed by atoms with van der Waals surface area (Å²) in [6.45, 7) is 3.07. The van der Waals surface area contributed by atoms with Gasteiger partial charge in [-0.05, 0) is 31.5 Å². The maximum absolute atomic E-state index is 11.8. The van der Waals surface area contributed by atoms with Crippen molar-refractivity contribution in [2.24, 2.45) is 0 Å². The summed E-state index contributed by atoms with van der Waals surface area (Å²) in [6, 6.07) is 11.4. The minimum Gasteiger partial charge on any atom is -0.494 e. The van der Waals surface area contributed by atoms with Crippen LogP contribution in [0.5, 0.6) is 5.75 Å². The lowest BCUT2D eigenvalue weighted by Gasteiger charge is -2.06. The van der Waals surface area contributed by atoms with Gasteiger partial charge >= 0.3 is 0 Å². The summed E-state index contributed by atoms with van der Waals surface area (Å²) in [4.78, 5) is 13.5. The number of hydrogen-bond acceptors (Lipinski definition) is 4. The SMILES string of the molecule is Cc1sc(C(=O)NCCCOc2ccccc2)cc1N. The molecule has 2 aromatic rings. The van der Waals surface area contributed by atoms with Crippen LogP contribution in [0, 0.1) is 6.92 Å². The summed E-state index contributed by atoms with van der Waals surface area (Å²) in [5.74, 6) is 0.773. The maximum Gasteiger partial charge on any atom is 0.261 e. The molecule has 3 N–H and O–H groups in total. The molecule has 1 heterocycles. The third-order valence-corrected chi connectivity index (χ3v) is 3.86. The van der Waals surface area contributed by atoms with Crippen molar-refractivity contribution < 1.29 is 9.53 Å². The molecule has 0 saturated heterocycles. The number of hydrogen-bond donors (Lipinski definition) is 2. The molecule has 1 aromatic carbocycles. The lowest BCUT2D eigenvalue weighted by molar-refractivity contribution is 0.0955. The Morgan fingerprint density at radius 3 is 2.75 bits per heavy atom. The van der Waals surface area contributed by atoms with E-state index >= 15 is 0 Å². The fraction of sp³-hybridized carbons (Fsp3) is 0.267. The Hall–Kier alpha value is -2.01. The quantitative estimate of drug-likeness (QED) is 0.804. The van der Waals surface area contributed by atoms with Crippen molar-refractivity contribution in [3.8, 4) is 5.75 Å². The molecule has 2 rings (SSSR count). The van der Waals surface area contributed by atoms with Gasteiger partial charge in [0.25, 0.3) is 5.91 Å². The highest BCUT2D eigenvalue weighted by molar-refractivity contribution is 7.14. The zero-order valence-corrected chi connectivity index (χ0v) is 12.2. The first-order valence-electron chi connectivity index (χ1n) is 6.49. The van der Waals surface area contributed by atoms with Gasteiger partial charge in [0.05, 0.1) is 11.5 Å². The van der Waals surface area contributed by atoms with Crippen LogP contribution in [0.15, 0.2) is 36.4 Å². The van der Waals surface area contributed by atoms with Gasteiger partial charge in [-0.3, -0.25) is 4.79 Å². The van der Waals surface area contributed by atoms with E-state index in [9.17, 15) is 4.79 Å². The molecule has 0 aliphatic rings. The number of carbonyl (C=O) groups is 1. The number of anilines is 1. The fourth-order valence-electron chi connectivity index (χ4n) is 1.68. The second-order valence-electron chi connectivity index (χ2n) is 4.39. The smallest absolute Gasteiger partial charge is 0.261 e.